The minimum atomic E-state index is -0.539. The molecule has 1 aliphatic carbocycles. The Balaban J connectivity index is 1.06. The maximum absolute atomic E-state index is 6.89. The molecule has 11 rings (SSSR count). The number of furan rings is 1. The van der Waals surface area contributed by atoms with Crippen LogP contribution in [0.4, 0.5) is 0 Å². The second-order valence-electron chi connectivity index (χ2n) is 15.6. The zero-order chi connectivity index (χ0) is 39.2. The number of fused-ring (bicyclic) bond motifs is 5. The van der Waals surface area contributed by atoms with Gasteiger partial charge in [-0.1, -0.05) is 224 Å². The van der Waals surface area contributed by atoms with E-state index >= 15 is 0 Å². The average molecular weight is 753 g/mol. The van der Waals surface area contributed by atoms with Crippen molar-refractivity contribution in [1.82, 2.24) is 0 Å². The Kier molecular flexibility index (Phi) is 8.52. The Labute approximate surface area is 345 Å². The molecule has 0 amide bonds. The van der Waals surface area contributed by atoms with E-state index in [0.29, 0.717) is 0 Å². The molecular weight excluding hydrogens is 713 g/mol. The molecule has 0 unspecified atom stereocenters. The fraction of sp³-hybridized carbons (Fsp3) is 0.0345. The first-order valence-corrected chi connectivity index (χ1v) is 20.4. The van der Waals surface area contributed by atoms with Gasteiger partial charge in [-0.2, -0.15) is 0 Å². The van der Waals surface area contributed by atoms with Crippen molar-refractivity contribution in [3.8, 4) is 44.7 Å². The van der Waals surface area contributed by atoms with Crippen molar-refractivity contribution < 1.29 is 4.42 Å². The van der Waals surface area contributed by atoms with E-state index in [4.69, 9.17) is 4.42 Å². The van der Waals surface area contributed by atoms with Crippen LogP contribution >= 0.6 is 0 Å². The summed E-state index contributed by atoms with van der Waals surface area (Å²) in [7, 11) is 0. The van der Waals surface area contributed by atoms with E-state index in [-0.39, 0.29) is 5.92 Å². The Hall–Kier alpha value is -7.48. The molecule has 0 spiro atoms. The van der Waals surface area contributed by atoms with Crippen molar-refractivity contribution in [1.29, 1.82) is 0 Å². The average Bonchev–Trinajstić information content (AvgIpc) is 3.84. The van der Waals surface area contributed by atoms with Gasteiger partial charge in [0, 0.05) is 22.4 Å². The molecule has 0 atom stereocenters. The maximum atomic E-state index is 6.89. The molecule has 278 valence electrons. The first-order valence-electron chi connectivity index (χ1n) is 20.4. The summed E-state index contributed by atoms with van der Waals surface area (Å²) in [4.78, 5) is 0. The number of benzene rings is 9. The fourth-order valence-electron chi connectivity index (χ4n) is 9.60. The summed E-state index contributed by atoms with van der Waals surface area (Å²) in [5, 5.41) is 1.15. The van der Waals surface area contributed by atoms with E-state index in [2.05, 4.69) is 237 Å². The number of para-hydroxylation sites is 1. The fourth-order valence-corrected chi connectivity index (χ4v) is 9.60. The lowest BCUT2D eigenvalue weighted by Crippen LogP contribution is -2.28. The van der Waals surface area contributed by atoms with E-state index in [0.717, 1.165) is 27.9 Å². The number of rotatable bonds is 8. The summed E-state index contributed by atoms with van der Waals surface area (Å²) < 4.78 is 6.89. The summed E-state index contributed by atoms with van der Waals surface area (Å²) in [6.07, 6.45) is 0. The highest BCUT2D eigenvalue weighted by Gasteiger charge is 2.49. The third kappa shape index (κ3) is 5.86. The quantitative estimate of drug-likeness (QED) is 0.141. The summed E-state index contributed by atoms with van der Waals surface area (Å²) in [6.45, 7) is 0. The van der Waals surface area contributed by atoms with Crippen molar-refractivity contribution in [2.24, 2.45) is 0 Å². The van der Waals surface area contributed by atoms with Gasteiger partial charge in [-0.25, -0.2) is 0 Å². The molecule has 1 nitrogen and oxygen atoms in total. The zero-order valence-electron chi connectivity index (χ0n) is 32.5. The molecule has 9 aromatic carbocycles. The SMILES string of the molecule is c1ccc(-c2ccc(C(c3ccc(-c4ccccc4)cc3)c3cccc(-c4ccc5c(c4)-c4oc6ccccc6c4C5(c4ccccc4)c4ccccc4)c3)cc2)cc1. The molecule has 1 aromatic heterocycles. The zero-order valence-corrected chi connectivity index (χ0v) is 32.5. The highest BCUT2D eigenvalue weighted by atomic mass is 16.3. The largest absolute Gasteiger partial charge is 0.456 e. The maximum Gasteiger partial charge on any atom is 0.140 e. The van der Waals surface area contributed by atoms with Crippen LogP contribution in [0, 0.1) is 0 Å². The van der Waals surface area contributed by atoms with Crippen molar-refractivity contribution >= 4 is 11.0 Å². The van der Waals surface area contributed by atoms with Crippen LogP contribution in [-0.4, -0.2) is 0 Å². The van der Waals surface area contributed by atoms with Gasteiger partial charge in [0.05, 0.1) is 5.41 Å². The number of hydrogen-bond donors (Lipinski definition) is 0. The molecule has 0 radical (unpaired) electrons. The van der Waals surface area contributed by atoms with Gasteiger partial charge in [-0.15, -0.1) is 0 Å². The smallest absolute Gasteiger partial charge is 0.140 e. The van der Waals surface area contributed by atoms with Gasteiger partial charge < -0.3 is 4.42 Å². The Morgan fingerprint density at radius 3 is 1.37 bits per heavy atom. The van der Waals surface area contributed by atoms with Crippen LogP contribution in [0.15, 0.2) is 241 Å². The Morgan fingerprint density at radius 2 is 0.797 bits per heavy atom. The van der Waals surface area contributed by atoms with E-state index in [1.807, 2.05) is 0 Å². The monoisotopic (exact) mass is 752 g/mol. The van der Waals surface area contributed by atoms with Gasteiger partial charge in [0.25, 0.3) is 0 Å². The van der Waals surface area contributed by atoms with Crippen LogP contribution in [0.1, 0.15) is 44.9 Å². The van der Waals surface area contributed by atoms with E-state index in [9.17, 15) is 0 Å². The van der Waals surface area contributed by atoms with Gasteiger partial charge in [-0.3, -0.25) is 0 Å². The van der Waals surface area contributed by atoms with E-state index in [1.54, 1.807) is 0 Å². The van der Waals surface area contributed by atoms with Gasteiger partial charge >= 0.3 is 0 Å². The minimum Gasteiger partial charge on any atom is -0.456 e. The molecule has 0 fully saturated rings. The third-order valence-electron chi connectivity index (χ3n) is 12.3. The van der Waals surface area contributed by atoms with E-state index in [1.165, 1.54) is 66.8 Å². The van der Waals surface area contributed by atoms with Gasteiger partial charge in [0.1, 0.15) is 11.3 Å². The molecule has 1 heteroatoms. The highest BCUT2D eigenvalue weighted by molar-refractivity contribution is 5.98. The molecular formula is C58H40O. The lowest BCUT2D eigenvalue weighted by atomic mass is 9.67. The van der Waals surface area contributed by atoms with Crippen LogP contribution < -0.4 is 0 Å². The predicted molar refractivity (Wildman–Crippen MR) is 244 cm³/mol. The summed E-state index contributed by atoms with van der Waals surface area (Å²) in [6, 6.07) is 86.0. The Bertz CT molecular complexity index is 2930. The normalized spacial score (nSPS) is 12.7. The van der Waals surface area contributed by atoms with Crippen molar-refractivity contribution in [3.05, 3.63) is 276 Å². The molecule has 0 saturated heterocycles. The van der Waals surface area contributed by atoms with E-state index < -0.39 is 5.41 Å². The van der Waals surface area contributed by atoms with Gasteiger partial charge in [0.15, 0.2) is 0 Å². The summed E-state index contributed by atoms with van der Waals surface area (Å²) in [5.41, 5.74) is 17.4. The third-order valence-corrected chi connectivity index (χ3v) is 12.3. The minimum absolute atomic E-state index is 0.0322. The Morgan fingerprint density at radius 1 is 0.339 bits per heavy atom. The second-order valence-corrected chi connectivity index (χ2v) is 15.6. The van der Waals surface area contributed by atoms with Gasteiger partial charge in [0.2, 0.25) is 0 Å². The first-order chi connectivity index (χ1) is 29.3. The molecule has 0 N–H and O–H groups in total. The first kappa shape index (κ1) is 34.7. The van der Waals surface area contributed by atoms with Crippen LogP contribution in [0.3, 0.4) is 0 Å². The van der Waals surface area contributed by atoms with Crippen LogP contribution in [-0.2, 0) is 5.41 Å². The van der Waals surface area contributed by atoms with Crippen molar-refractivity contribution in [2.45, 2.75) is 11.3 Å². The molecule has 1 heterocycles. The van der Waals surface area contributed by atoms with Crippen LogP contribution in [0.5, 0.6) is 0 Å². The van der Waals surface area contributed by atoms with Crippen LogP contribution in [0.25, 0.3) is 55.7 Å². The van der Waals surface area contributed by atoms with Crippen molar-refractivity contribution in [2.75, 3.05) is 0 Å². The number of hydrogen-bond acceptors (Lipinski definition) is 1. The molecule has 59 heavy (non-hydrogen) atoms. The second kappa shape index (κ2) is 14.5. The summed E-state index contributed by atoms with van der Waals surface area (Å²) in [5.74, 6) is 0.978. The lowest BCUT2D eigenvalue weighted by molar-refractivity contribution is 0.628. The lowest BCUT2D eigenvalue weighted by Gasteiger charge is -2.33. The molecule has 0 saturated carbocycles. The van der Waals surface area contributed by atoms with Crippen molar-refractivity contribution in [3.63, 3.8) is 0 Å². The highest BCUT2D eigenvalue weighted by Crippen LogP contribution is 2.59. The molecule has 0 bridgehead atoms. The van der Waals surface area contributed by atoms with Crippen LogP contribution in [0.2, 0.25) is 0 Å². The molecule has 0 aliphatic heterocycles. The standard InChI is InChI=1S/C58H40O/c1-5-16-40(17-6-1)42-28-32-44(33-29-42)55(45-34-30-43(31-35-45)41-18-7-2-8-19-41)48-21-15-20-46(38-48)47-36-37-53-52(39-47)57-56(51-26-13-14-27-54(51)59-57)58(53,49-22-9-3-10-23-49)50-24-11-4-12-25-50/h1-39,55H. The predicted octanol–water partition coefficient (Wildman–Crippen LogP) is 15.0. The summed E-state index contributed by atoms with van der Waals surface area (Å²) >= 11 is 0. The van der Waals surface area contributed by atoms with Gasteiger partial charge in [-0.05, 0) is 78.9 Å². The molecule has 1 aliphatic rings. The molecule has 10 aromatic rings. The topological polar surface area (TPSA) is 13.1 Å².